The van der Waals surface area contributed by atoms with Gasteiger partial charge < -0.3 is 10.3 Å². The Morgan fingerprint density at radius 3 is 2.34 bits per heavy atom. The van der Waals surface area contributed by atoms with Crippen molar-refractivity contribution >= 4 is 28.8 Å². The lowest BCUT2D eigenvalue weighted by molar-refractivity contribution is -0.119. The van der Waals surface area contributed by atoms with Gasteiger partial charge in [0.05, 0.1) is 11.0 Å². The van der Waals surface area contributed by atoms with Crippen molar-refractivity contribution in [2.24, 2.45) is 5.92 Å². The largest absolute Gasteiger partial charge is 0.340 e. The SMILES string of the molecule is CC[C@@H](C)[C@H](NC(=O)c1ccc(C(C)C)cc1)C(=O)Nc1nc2ccccc2[nH]1. The number of nitrogens with one attached hydrogen (secondary N) is 3. The van der Waals surface area contributed by atoms with Crippen molar-refractivity contribution in [3.8, 4) is 0 Å². The van der Waals surface area contributed by atoms with Gasteiger partial charge in [-0.05, 0) is 41.7 Å². The molecule has 0 unspecified atom stereocenters. The number of anilines is 1. The highest BCUT2D eigenvalue weighted by molar-refractivity contribution is 6.01. The van der Waals surface area contributed by atoms with Crippen molar-refractivity contribution < 1.29 is 9.59 Å². The van der Waals surface area contributed by atoms with Gasteiger partial charge in [-0.2, -0.15) is 0 Å². The lowest BCUT2D eigenvalue weighted by Gasteiger charge is -2.23. The Bertz CT molecular complexity index is 959. The van der Waals surface area contributed by atoms with Crippen molar-refractivity contribution in [1.29, 1.82) is 0 Å². The molecule has 3 aromatic rings. The predicted molar refractivity (Wildman–Crippen MR) is 116 cm³/mol. The summed E-state index contributed by atoms with van der Waals surface area (Å²) in [5.41, 5.74) is 3.33. The Morgan fingerprint density at radius 2 is 1.72 bits per heavy atom. The van der Waals surface area contributed by atoms with Crippen LogP contribution in [-0.2, 0) is 4.79 Å². The Hall–Kier alpha value is -3.15. The molecule has 0 radical (unpaired) electrons. The summed E-state index contributed by atoms with van der Waals surface area (Å²) in [6, 6.07) is 14.4. The minimum absolute atomic E-state index is 0.0294. The number of para-hydroxylation sites is 2. The molecule has 2 atom stereocenters. The molecule has 3 rings (SSSR count). The normalized spacial score (nSPS) is 13.3. The number of hydrogen-bond donors (Lipinski definition) is 3. The summed E-state index contributed by atoms with van der Waals surface area (Å²) >= 11 is 0. The minimum atomic E-state index is -0.662. The monoisotopic (exact) mass is 392 g/mol. The third kappa shape index (κ3) is 4.83. The molecule has 2 aromatic carbocycles. The smallest absolute Gasteiger partial charge is 0.251 e. The van der Waals surface area contributed by atoms with Gasteiger partial charge in [0, 0.05) is 5.56 Å². The fourth-order valence-electron chi connectivity index (χ4n) is 3.15. The number of nitrogens with zero attached hydrogens (tertiary/aromatic N) is 1. The highest BCUT2D eigenvalue weighted by Crippen LogP contribution is 2.17. The van der Waals surface area contributed by atoms with E-state index in [0.29, 0.717) is 17.4 Å². The number of H-pyrrole nitrogens is 1. The first-order valence-corrected chi connectivity index (χ1v) is 10.1. The third-order valence-corrected chi connectivity index (χ3v) is 5.25. The van der Waals surface area contributed by atoms with Gasteiger partial charge in [0.1, 0.15) is 6.04 Å². The van der Waals surface area contributed by atoms with Crippen LogP contribution < -0.4 is 10.6 Å². The zero-order valence-electron chi connectivity index (χ0n) is 17.3. The van der Waals surface area contributed by atoms with Crippen molar-refractivity contribution in [1.82, 2.24) is 15.3 Å². The molecule has 1 heterocycles. The van der Waals surface area contributed by atoms with Gasteiger partial charge in [-0.15, -0.1) is 0 Å². The molecule has 3 N–H and O–H groups in total. The average Bonchev–Trinajstić information content (AvgIpc) is 3.13. The number of aromatic amines is 1. The standard InChI is InChI=1S/C23H28N4O2/c1-5-15(4)20(26-21(28)17-12-10-16(11-13-17)14(2)3)22(29)27-23-24-18-8-6-7-9-19(18)25-23/h6-15,20H,5H2,1-4H3,(H,26,28)(H2,24,25,27,29)/t15-,20+/m1/s1. The molecule has 0 bridgehead atoms. The summed E-state index contributed by atoms with van der Waals surface area (Å²) < 4.78 is 0. The number of carbonyl (C=O) groups is 2. The molecular formula is C23H28N4O2. The van der Waals surface area contributed by atoms with Crippen molar-refractivity contribution in [3.63, 3.8) is 0 Å². The van der Waals surface area contributed by atoms with E-state index in [1.165, 1.54) is 5.56 Å². The van der Waals surface area contributed by atoms with Gasteiger partial charge in [0.15, 0.2) is 0 Å². The van der Waals surface area contributed by atoms with E-state index >= 15 is 0 Å². The number of fused-ring (bicyclic) bond motifs is 1. The van der Waals surface area contributed by atoms with Crippen LogP contribution in [0.1, 0.15) is 56.0 Å². The molecule has 6 nitrogen and oxygen atoms in total. The van der Waals surface area contributed by atoms with Gasteiger partial charge in [0.25, 0.3) is 5.91 Å². The van der Waals surface area contributed by atoms with E-state index in [1.807, 2.05) is 50.2 Å². The maximum absolute atomic E-state index is 12.9. The molecule has 6 heteroatoms. The van der Waals surface area contributed by atoms with E-state index < -0.39 is 6.04 Å². The summed E-state index contributed by atoms with van der Waals surface area (Å²) in [6.07, 6.45) is 0.755. The first-order chi connectivity index (χ1) is 13.9. The molecule has 0 aliphatic rings. The third-order valence-electron chi connectivity index (χ3n) is 5.25. The number of imidazole rings is 1. The minimum Gasteiger partial charge on any atom is -0.340 e. The summed E-state index contributed by atoms with van der Waals surface area (Å²) in [4.78, 5) is 33.1. The number of benzene rings is 2. The Labute approximate surface area is 171 Å². The Balaban J connectivity index is 1.74. The average molecular weight is 393 g/mol. The highest BCUT2D eigenvalue weighted by atomic mass is 16.2. The molecule has 152 valence electrons. The first kappa shape index (κ1) is 20.6. The van der Waals surface area contributed by atoms with Gasteiger partial charge in [-0.1, -0.05) is 58.4 Å². The molecule has 0 spiro atoms. The van der Waals surface area contributed by atoms with Crippen LogP contribution in [0.2, 0.25) is 0 Å². The molecule has 0 saturated heterocycles. The summed E-state index contributed by atoms with van der Waals surface area (Å²) in [6.45, 7) is 8.16. The number of rotatable bonds is 7. The second kappa shape index (κ2) is 8.90. The van der Waals surface area contributed by atoms with E-state index in [2.05, 4.69) is 34.4 Å². The van der Waals surface area contributed by atoms with Crippen LogP contribution in [-0.4, -0.2) is 27.8 Å². The van der Waals surface area contributed by atoms with Crippen LogP contribution >= 0.6 is 0 Å². The second-order valence-electron chi connectivity index (χ2n) is 7.71. The van der Waals surface area contributed by atoms with Crippen molar-refractivity contribution in [3.05, 3.63) is 59.7 Å². The Kier molecular flexibility index (Phi) is 6.32. The zero-order valence-corrected chi connectivity index (χ0v) is 17.3. The molecule has 29 heavy (non-hydrogen) atoms. The van der Waals surface area contributed by atoms with Gasteiger partial charge >= 0.3 is 0 Å². The predicted octanol–water partition coefficient (Wildman–Crippen LogP) is 4.47. The van der Waals surface area contributed by atoms with Crippen molar-refractivity contribution in [2.45, 2.75) is 46.1 Å². The van der Waals surface area contributed by atoms with Gasteiger partial charge in [0.2, 0.25) is 11.9 Å². The van der Waals surface area contributed by atoms with Crippen molar-refractivity contribution in [2.75, 3.05) is 5.32 Å². The number of hydrogen-bond acceptors (Lipinski definition) is 3. The number of amides is 2. The maximum Gasteiger partial charge on any atom is 0.251 e. The van der Waals surface area contributed by atoms with Crippen LogP contribution in [0, 0.1) is 5.92 Å². The quantitative estimate of drug-likeness (QED) is 0.554. The molecular weight excluding hydrogens is 364 g/mol. The van der Waals surface area contributed by atoms with Crippen LogP contribution in [0.25, 0.3) is 11.0 Å². The van der Waals surface area contributed by atoms with Crippen LogP contribution in [0.4, 0.5) is 5.95 Å². The highest BCUT2D eigenvalue weighted by Gasteiger charge is 2.27. The zero-order chi connectivity index (χ0) is 21.0. The van der Waals surface area contributed by atoms with Gasteiger partial charge in [-0.25, -0.2) is 4.98 Å². The summed E-state index contributed by atoms with van der Waals surface area (Å²) in [5, 5.41) is 5.70. The number of carbonyl (C=O) groups excluding carboxylic acids is 2. The van der Waals surface area contributed by atoms with E-state index in [1.54, 1.807) is 12.1 Å². The Morgan fingerprint density at radius 1 is 1.03 bits per heavy atom. The maximum atomic E-state index is 12.9. The molecule has 0 saturated carbocycles. The molecule has 0 aliphatic carbocycles. The summed E-state index contributed by atoms with van der Waals surface area (Å²) in [7, 11) is 0. The van der Waals surface area contributed by atoms with E-state index in [0.717, 1.165) is 17.5 Å². The van der Waals surface area contributed by atoms with Crippen LogP contribution in [0.15, 0.2) is 48.5 Å². The lowest BCUT2D eigenvalue weighted by Crippen LogP contribution is -2.47. The molecule has 0 fully saturated rings. The number of aromatic nitrogens is 2. The molecule has 2 amide bonds. The lowest BCUT2D eigenvalue weighted by atomic mass is 9.97. The van der Waals surface area contributed by atoms with E-state index in [4.69, 9.17) is 0 Å². The topological polar surface area (TPSA) is 86.9 Å². The van der Waals surface area contributed by atoms with Crippen LogP contribution in [0.3, 0.4) is 0 Å². The molecule has 0 aliphatic heterocycles. The first-order valence-electron chi connectivity index (χ1n) is 10.1. The van der Waals surface area contributed by atoms with Crippen LogP contribution in [0.5, 0.6) is 0 Å². The van der Waals surface area contributed by atoms with Gasteiger partial charge in [-0.3, -0.25) is 14.9 Å². The van der Waals surface area contributed by atoms with E-state index in [-0.39, 0.29) is 17.7 Å². The van der Waals surface area contributed by atoms with E-state index in [9.17, 15) is 9.59 Å². The summed E-state index contributed by atoms with van der Waals surface area (Å²) in [5.74, 6) is 0.198. The molecule has 1 aromatic heterocycles. The fourth-order valence-corrected chi connectivity index (χ4v) is 3.15. The second-order valence-corrected chi connectivity index (χ2v) is 7.71. The fraction of sp³-hybridized carbons (Fsp3) is 0.348.